The van der Waals surface area contributed by atoms with Gasteiger partial charge in [-0.25, -0.2) is 0 Å². The van der Waals surface area contributed by atoms with E-state index >= 15 is 0 Å². The van der Waals surface area contributed by atoms with Crippen molar-refractivity contribution in [2.45, 2.75) is 25.4 Å². The van der Waals surface area contributed by atoms with E-state index in [9.17, 15) is 18.0 Å². The number of benzene rings is 1. The van der Waals surface area contributed by atoms with E-state index in [2.05, 4.69) is 10.6 Å². The van der Waals surface area contributed by atoms with Crippen LogP contribution in [0.4, 0.5) is 24.5 Å². The number of likely N-dealkylation sites (N-methyl/N-ethyl adjacent to an activating group) is 1. The van der Waals surface area contributed by atoms with Crippen molar-refractivity contribution in [1.82, 2.24) is 5.32 Å². The van der Waals surface area contributed by atoms with Crippen LogP contribution < -0.4 is 15.5 Å². The Morgan fingerprint density at radius 2 is 1.79 bits per heavy atom. The standard InChI is InChI=1S/C15H20F3N3O.2ClH/c1-19-10-14(22)20-12-9-11(15(16,17)18)5-6-13(12)21-7-3-2-4-8-21;;/h5-6,9,19H,2-4,7-8,10H2,1H3,(H,20,22);2*1H. The summed E-state index contributed by atoms with van der Waals surface area (Å²) in [5.74, 6) is -0.361. The van der Waals surface area contributed by atoms with Crippen LogP contribution in [0.2, 0.25) is 0 Å². The molecule has 4 nitrogen and oxygen atoms in total. The molecule has 0 radical (unpaired) electrons. The normalized spacial score (nSPS) is 14.4. The number of carbonyl (C=O) groups excluding carboxylic acids is 1. The van der Waals surface area contributed by atoms with Gasteiger partial charge in [0.1, 0.15) is 0 Å². The lowest BCUT2D eigenvalue weighted by atomic mass is 10.1. The van der Waals surface area contributed by atoms with Gasteiger partial charge < -0.3 is 15.5 Å². The summed E-state index contributed by atoms with van der Waals surface area (Å²) in [7, 11) is 1.61. The Kier molecular flexibility index (Phi) is 9.47. The molecule has 1 aliphatic heterocycles. The minimum Gasteiger partial charge on any atom is -0.370 e. The molecule has 1 aliphatic rings. The second-order valence-corrected chi connectivity index (χ2v) is 5.36. The topological polar surface area (TPSA) is 44.4 Å². The van der Waals surface area contributed by atoms with Gasteiger partial charge in [-0.2, -0.15) is 13.2 Å². The van der Waals surface area contributed by atoms with Gasteiger partial charge in [-0.15, -0.1) is 24.8 Å². The Bertz CT molecular complexity index is 535. The highest BCUT2D eigenvalue weighted by atomic mass is 35.5. The lowest BCUT2D eigenvalue weighted by molar-refractivity contribution is -0.137. The highest BCUT2D eigenvalue weighted by Crippen LogP contribution is 2.36. The maximum Gasteiger partial charge on any atom is 0.416 e. The molecule has 9 heteroatoms. The zero-order chi connectivity index (χ0) is 16.2. The Morgan fingerprint density at radius 1 is 1.17 bits per heavy atom. The number of piperidine rings is 1. The van der Waals surface area contributed by atoms with E-state index in [1.54, 1.807) is 7.05 Å². The number of hydrogen-bond donors (Lipinski definition) is 2. The summed E-state index contributed by atoms with van der Waals surface area (Å²) in [5, 5.41) is 5.26. The summed E-state index contributed by atoms with van der Waals surface area (Å²) in [6.45, 7) is 1.64. The number of nitrogens with zero attached hydrogens (tertiary/aromatic N) is 1. The average Bonchev–Trinajstić information content (AvgIpc) is 2.47. The molecule has 24 heavy (non-hydrogen) atoms. The number of nitrogens with one attached hydrogen (secondary N) is 2. The van der Waals surface area contributed by atoms with E-state index in [-0.39, 0.29) is 43.0 Å². The molecule has 1 saturated heterocycles. The van der Waals surface area contributed by atoms with Crippen LogP contribution in [-0.2, 0) is 11.0 Å². The Morgan fingerprint density at radius 3 is 2.33 bits per heavy atom. The van der Waals surface area contributed by atoms with Crippen molar-refractivity contribution >= 4 is 42.1 Å². The molecule has 2 N–H and O–H groups in total. The SMILES string of the molecule is CNCC(=O)Nc1cc(C(F)(F)F)ccc1N1CCCCC1.Cl.Cl. The quantitative estimate of drug-likeness (QED) is 0.827. The summed E-state index contributed by atoms with van der Waals surface area (Å²) < 4.78 is 38.7. The molecule has 0 bridgehead atoms. The molecule has 0 aromatic heterocycles. The Labute approximate surface area is 152 Å². The Balaban J connectivity index is 0.00000264. The zero-order valence-corrected chi connectivity index (χ0v) is 14.9. The maximum atomic E-state index is 12.9. The van der Waals surface area contributed by atoms with Crippen LogP contribution in [-0.4, -0.2) is 32.6 Å². The van der Waals surface area contributed by atoms with E-state index in [1.165, 1.54) is 6.07 Å². The van der Waals surface area contributed by atoms with Crippen LogP contribution in [0.1, 0.15) is 24.8 Å². The highest BCUT2D eigenvalue weighted by molar-refractivity contribution is 5.95. The maximum absolute atomic E-state index is 12.9. The molecule has 1 heterocycles. The van der Waals surface area contributed by atoms with Crippen molar-refractivity contribution in [1.29, 1.82) is 0 Å². The summed E-state index contributed by atoms with van der Waals surface area (Å²) in [4.78, 5) is 13.8. The summed E-state index contributed by atoms with van der Waals surface area (Å²) >= 11 is 0. The molecule has 0 saturated carbocycles. The first kappa shape index (κ1) is 22.8. The van der Waals surface area contributed by atoms with Gasteiger partial charge in [-0.05, 0) is 44.5 Å². The number of rotatable bonds is 4. The smallest absolute Gasteiger partial charge is 0.370 e. The monoisotopic (exact) mass is 387 g/mol. The minimum atomic E-state index is -4.43. The van der Waals surface area contributed by atoms with Crippen LogP contribution in [0, 0.1) is 0 Å². The predicted molar refractivity (Wildman–Crippen MR) is 94.6 cm³/mol. The van der Waals surface area contributed by atoms with Gasteiger partial charge in [0.15, 0.2) is 0 Å². The van der Waals surface area contributed by atoms with Gasteiger partial charge in [0.25, 0.3) is 0 Å². The van der Waals surface area contributed by atoms with Crippen LogP contribution in [0.5, 0.6) is 0 Å². The first-order chi connectivity index (χ1) is 10.4. The molecule has 0 atom stereocenters. The van der Waals surface area contributed by atoms with Crippen LogP contribution >= 0.6 is 24.8 Å². The number of carbonyl (C=O) groups is 1. The van der Waals surface area contributed by atoms with Crippen molar-refractivity contribution in [2.24, 2.45) is 0 Å². The summed E-state index contributed by atoms with van der Waals surface area (Å²) in [5.41, 5.74) is 0.113. The third-order valence-corrected chi connectivity index (χ3v) is 3.63. The van der Waals surface area contributed by atoms with E-state index in [1.807, 2.05) is 4.90 Å². The molecule has 0 aliphatic carbocycles. The van der Waals surface area contributed by atoms with Gasteiger partial charge in [-0.1, -0.05) is 0 Å². The lowest BCUT2D eigenvalue weighted by Crippen LogP contribution is -2.31. The number of hydrogen-bond acceptors (Lipinski definition) is 3. The zero-order valence-electron chi connectivity index (χ0n) is 13.3. The van der Waals surface area contributed by atoms with E-state index < -0.39 is 11.7 Å². The van der Waals surface area contributed by atoms with Crippen molar-refractivity contribution < 1.29 is 18.0 Å². The van der Waals surface area contributed by atoms with E-state index in [4.69, 9.17) is 0 Å². The first-order valence-corrected chi connectivity index (χ1v) is 7.32. The average molecular weight is 388 g/mol. The van der Waals surface area contributed by atoms with Crippen molar-refractivity contribution in [2.75, 3.05) is 36.9 Å². The molecule has 1 fully saturated rings. The minimum absolute atomic E-state index is 0. The number of anilines is 2. The van der Waals surface area contributed by atoms with Crippen molar-refractivity contribution in [3.05, 3.63) is 23.8 Å². The molecular weight excluding hydrogens is 366 g/mol. The van der Waals surface area contributed by atoms with Crippen LogP contribution in [0.25, 0.3) is 0 Å². The fourth-order valence-corrected chi connectivity index (χ4v) is 2.58. The largest absolute Gasteiger partial charge is 0.416 e. The predicted octanol–water partition coefficient (Wildman–Crippen LogP) is 3.70. The molecule has 2 rings (SSSR count). The molecule has 1 aromatic rings. The third kappa shape index (κ3) is 6.03. The molecule has 0 spiro atoms. The number of halogens is 5. The van der Waals surface area contributed by atoms with E-state index in [0.717, 1.165) is 44.5 Å². The third-order valence-electron chi connectivity index (χ3n) is 3.63. The van der Waals surface area contributed by atoms with Gasteiger partial charge in [0.05, 0.1) is 23.5 Å². The molecule has 1 aromatic carbocycles. The highest BCUT2D eigenvalue weighted by Gasteiger charge is 2.31. The molecule has 138 valence electrons. The second kappa shape index (κ2) is 9.96. The van der Waals surface area contributed by atoms with Gasteiger partial charge in [-0.3, -0.25) is 4.79 Å². The summed E-state index contributed by atoms with van der Waals surface area (Å²) in [6.07, 6.45) is -1.29. The molecule has 1 amide bonds. The van der Waals surface area contributed by atoms with Gasteiger partial charge in [0.2, 0.25) is 5.91 Å². The fourth-order valence-electron chi connectivity index (χ4n) is 2.58. The van der Waals surface area contributed by atoms with Gasteiger partial charge in [0, 0.05) is 13.1 Å². The van der Waals surface area contributed by atoms with Crippen molar-refractivity contribution in [3.8, 4) is 0 Å². The van der Waals surface area contributed by atoms with Crippen LogP contribution in [0.3, 0.4) is 0 Å². The molecule has 0 unspecified atom stereocenters. The Hall–Kier alpha value is -1.18. The summed E-state index contributed by atoms with van der Waals surface area (Å²) in [6, 6.07) is 3.53. The van der Waals surface area contributed by atoms with Crippen molar-refractivity contribution in [3.63, 3.8) is 0 Å². The lowest BCUT2D eigenvalue weighted by Gasteiger charge is -2.31. The van der Waals surface area contributed by atoms with Crippen LogP contribution in [0.15, 0.2) is 18.2 Å². The number of amides is 1. The first-order valence-electron chi connectivity index (χ1n) is 7.32. The number of alkyl halides is 3. The second-order valence-electron chi connectivity index (χ2n) is 5.36. The molecular formula is C15H22Cl2F3N3O. The fraction of sp³-hybridized carbons (Fsp3) is 0.533. The van der Waals surface area contributed by atoms with E-state index in [0.29, 0.717) is 5.69 Å². The van der Waals surface area contributed by atoms with Gasteiger partial charge >= 0.3 is 6.18 Å².